The number of tetrazole rings is 1. The second kappa shape index (κ2) is 6.99. The van der Waals surface area contributed by atoms with E-state index in [1.165, 1.54) is 11.1 Å². The lowest BCUT2D eigenvalue weighted by molar-refractivity contribution is 0.0549. The molecule has 2 amide bonds. The number of hydrogen-bond acceptors (Lipinski definition) is 7. The molecule has 2 heterocycles. The highest BCUT2D eigenvalue weighted by Crippen LogP contribution is 2.32. The zero-order chi connectivity index (χ0) is 18.8. The summed E-state index contributed by atoms with van der Waals surface area (Å²) >= 11 is 0. The third kappa shape index (κ3) is 3.06. The lowest BCUT2D eigenvalue weighted by Crippen LogP contribution is -2.40. The molecule has 0 atom stereocenters. The first-order valence-electron chi connectivity index (χ1n) is 8.81. The summed E-state index contributed by atoms with van der Waals surface area (Å²) in [6, 6.07) is 6.96. The van der Waals surface area contributed by atoms with Gasteiger partial charge in [0.05, 0.1) is 11.1 Å². The first-order valence-corrected chi connectivity index (χ1v) is 8.81. The first-order chi connectivity index (χ1) is 13.2. The summed E-state index contributed by atoms with van der Waals surface area (Å²) in [6.07, 6.45) is 6.42. The molecule has 4 rings (SSSR count). The van der Waals surface area contributed by atoms with Crippen LogP contribution in [0.25, 0.3) is 5.57 Å². The van der Waals surface area contributed by atoms with Gasteiger partial charge in [-0.15, -0.1) is 10.2 Å². The van der Waals surface area contributed by atoms with Crippen molar-refractivity contribution < 1.29 is 9.59 Å². The molecule has 9 nitrogen and oxygen atoms in total. The van der Waals surface area contributed by atoms with Crippen molar-refractivity contribution in [2.24, 2.45) is 0 Å². The van der Waals surface area contributed by atoms with Gasteiger partial charge in [-0.2, -0.15) is 10.5 Å². The Morgan fingerprint density at radius 2 is 2.00 bits per heavy atom. The molecule has 0 spiro atoms. The van der Waals surface area contributed by atoms with Crippen molar-refractivity contribution in [1.82, 2.24) is 25.5 Å². The van der Waals surface area contributed by atoms with Crippen molar-refractivity contribution in [2.45, 2.75) is 38.1 Å². The number of H-pyrrole nitrogens is 1. The van der Waals surface area contributed by atoms with Crippen molar-refractivity contribution in [1.29, 1.82) is 5.26 Å². The van der Waals surface area contributed by atoms with E-state index in [1.54, 1.807) is 18.2 Å². The van der Waals surface area contributed by atoms with Crippen LogP contribution in [-0.4, -0.2) is 43.4 Å². The van der Waals surface area contributed by atoms with Gasteiger partial charge in [-0.3, -0.25) is 14.5 Å². The molecule has 2 aromatic rings. The van der Waals surface area contributed by atoms with Crippen LogP contribution in [0.4, 0.5) is 5.69 Å². The summed E-state index contributed by atoms with van der Waals surface area (Å²) in [5.41, 5.74) is 1.60. The molecular formula is C18H17N7O2. The van der Waals surface area contributed by atoms with E-state index in [9.17, 15) is 14.9 Å². The Hall–Kier alpha value is -3.54. The smallest absolute Gasteiger partial charge is 0.261 e. The first kappa shape index (κ1) is 16.9. The molecule has 1 saturated carbocycles. The van der Waals surface area contributed by atoms with Gasteiger partial charge in [0, 0.05) is 17.9 Å². The minimum Gasteiger partial charge on any atom is -0.360 e. The summed E-state index contributed by atoms with van der Waals surface area (Å²) in [6.45, 7) is 0. The quantitative estimate of drug-likeness (QED) is 0.629. The van der Waals surface area contributed by atoms with Gasteiger partial charge in [0.1, 0.15) is 11.6 Å². The van der Waals surface area contributed by atoms with Crippen molar-refractivity contribution in [3.8, 4) is 6.07 Å². The second-order valence-electron chi connectivity index (χ2n) is 6.58. The fraction of sp³-hybridized carbons (Fsp3) is 0.333. The Kier molecular flexibility index (Phi) is 4.38. The van der Waals surface area contributed by atoms with Crippen molar-refractivity contribution in [3.63, 3.8) is 0 Å². The van der Waals surface area contributed by atoms with Gasteiger partial charge >= 0.3 is 0 Å². The maximum atomic E-state index is 12.8. The SMILES string of the molecule is N#CC(=CNc1ccc2c(c1)C(=O)N(C1CCCCC1)C2=O)c1nn[nH]n1. The summed E-state index contributed by atoms with van der Waals surface area (Å²) in [5, 5.41) is 25.4. The molecule has 1 aromatic carbocycles. The Bertz CT molecular complexity index is 953. The van der Waals surface area contributed by atoms with Gasteiger partial charge in [0.2, 0.25) is 5.82 Å². The van der Waals surface area contributed by atoms with Crippen LogP contribution in [-0.2, 0) is 0 Å². The number of benzene rings is 1. The van der Waals surface area contributed by atoms with E-state index < -0.39 is 0 Å². The molecule has 1 aromatic heterocycles. The molecule has 2 aliphatic rings. The Balaban J connectivity index is 1.57. The van der Waals surface area contributed by atoms with E-state index in [0.29, 0.717) is 16.8 Å². The van der Waals surface area contributed by atoms with Gasteiger partial charge in [-0.05, 0) is 36.3 Å². The molecule has 136 valence electrons. The molecular weight excluding hydrogens is 346 g/mol. The molecule has 0 unspecified atom stereocenters. The van der Waals surface area contributed by atoms with E-state index in [1.807, 2.05) is 6.07 Å². The molecule has 27 heavy (non-hydrogen) atoms. The predicted octanol–water partition coefficient (Wildman–Crippen LogP) is 2.10. The molecule has 0 saturated heterocycles. The summed E-state index contributed by atoms with van der Waals surface area (Å²) in [5.74, 6) is -0.289. The number of nitriles is 1. The third-order valence-electron chi connectivity index (χ3n) is 4.95. The van der Waals surface area contributed by atoms with E-state index in [-0.39, 0.29) is 29.3 Å². The van der Waals surface area contributed by atoms with Crippen LogP contribution in [0.5, 0.6) is 0 Å². The molecule has 2 N–H and O–H groups in total. The van der Waals surface area contributed by atoms with Gasteiger partial charge in [-0.1, -0.05) is 19.3 Å². The number of anilines is 1. The molecule has 1 aliphatic heterocycles. The van der Waals surface area contributed by atoms with Crippen LogP contribution in [0.15, 0.2) is 24.4 Å². The number of nitrogens with one attached hydrogen (secondary N) is 2. The van der Waals surface area contributed by atoms with Crippen molar-refractivity contribution in [3.05, 3.63) is 41.4 Å². The number of rotatable bonds is 4. The largest absolute Gasteiger partial charge is 0.360 e. The maximum Gasteiger partial charge on any atom is 0.261 e. The number of aromatic amines is 1. The molecule has 0 radical (unpaired) electrons. The molecule has 0 bridgehead atoms. The summed E-state index contributed by atoms with van der Waals surface area (Å²) in [4.78, 5) is 26.9. The van der Waals surface area contributed by atoms with E-state index in [4.69, 9.17) is 0 Å². The van der Waals surface area contributed by atoms with Crippen molar-refractivity contribution in [2.75, 3.05) is 5.32 Å². The summed E-state index contributed by atoms with van der Waals surface area (Å²) < 4.78 is 0. The average Bonchev–Trinajstić information content (AvgIpc) is 3.31. The average molecular weight is 363 g/mol. The lowest BCUT2D eigenvalue weighted by Gasteiger charge is -2.29. The number of amides is 2. The molecule has 1 aliphatic carbocycles. The fourth-order valence-corrected chi connectivity index (χ4v) is 3.60. The van der Waals surface area contributed by atoms with E-state index >= 15 is 0 Å². The van der Waals surface area contributed by atoms with E-state index in [0.717, 1.165) is 32.1 Å². The minimum atomic E-state index is -0.242. The fourth-order valence-electron chi connectivity index (χ4n) is 3.60. The van der Waals surface area contributed by atoms with Crippen LogP contribution < -0.4 is 5.32 Å². The Morgan fingerprint density at radius 1 is 1.22 bits per heavy atom. The highest BCUT2D eigenvalue weighted by molar-refractivity contribution is 6.22. The molecule has 9 heteroatoms. The minimum absolute atomic E-state index is 0.00844. The van der Waals surface area contributed by atoms with Crippen LogP contribution in [0, 0.1) is 11.3 Å². The number of imide groups is 1. The van der Waals surface area contributed by atoms with Crippen LogP contribution in [0.3, 0.4) is 0 Å². The van der Waals surface area contributed by atoms with Gasteiger partial charge in [0.15, 0.2) is 0 Å². The highest BCUT2D eigenvalue weighted by atomic mass is 16.2. The number of hydrogen-bond donors (Lipinski definition) is 2. The van der Waals surface area contributed by atoms with Crippen molar-refractivity contribution >= 4 is 23.1 Å². The topological polar surface area (TPSA) is 128 Å². The number of carbonyl (C=O) groups is 2. The molecule has 1 fully saturated rings. The van der Waals surface area contributed by atoms with Crippen LogP contribution in [0.1, 0.15) is 58.6 Å². The summed E-state index contributed by atoms with van der Waals surface area (Å²) in [7, 11) is 0. The Labute approximate surface area is 155 Å². The number of aromatic nitrogens is 4. The zero-order valence-electron chi connectivity index (χ0n) is 14.5. The monoisotopic (exact) mass is 363 g/mol. The second-order valence-corrected chi connectivity index (χ2v) is 6.58. The Morgan fingerprint density at radius 3 is 2.70 bits per heavy atom. The van der Waals surface area contributed by atoms with Gasteiger partial charge < -0.3 is 5.32 Å². The maximum absolute atomic E-state index is 12.8. The predicted molar refractivity (Wildman–Crippen MR) is 95.2 cm³/mol. The number of carbonyl (C=O) groups excluding carboxylic acids is 2. The number of allylic oxidation sites excluding steroid dienone is 1. The standard InChI is InChI=1S/C18H17N7O2/c19-9-11(16-21-23-24-22-16)10-20-12-6-7-14-15(8-12)18(27)25(17(14)26)13-4-2-1-3-5-13/h6-8,10,13,20H,1-5H2,(H,21,22,23,24). The number of nitrogens with zero attached hydrogens (tertiary/aromatic N) is 5. The lowest BCUT2D eigenvalue weighted by atomic mass is 9.94. The third-order valence-corrected chi connectivity index (χ3v) is 4.95. The van der Waals surface area contributed by atoms with Gasteiger partial charge in [0.25, 0.3) is 11.8 Å². The zero-order valence-corrected chi connectivity index (χ0v) is 14.5. The number of fused-ring (bicyclic) bond motifs is 1. The van der Waals surface area contributed by atoms with Crippen LogP contribution >= 0.6 is 0 Å². The highest BCUT2D eigenvalue weighted by Gasteiger charge is 2.40. The van der Waals surface area contributed by atoms with Gasteiger partial charge in [-0.25, -0.2) is 0 Å². The normalized spacial score (nSPS) is 17.7. The van der Waals surface area contributed by atoms with E-state index in [2.05, 4.69) is 25.9 Å². The van der Waals surface area contributed by atoms with Crippen LogP contribution in [0.2, 0.25) is 0 Å².